The summed E-state index contributed by atoms with van der Waals surface area (Å²) >= 11 is 0. The lowest BCUT2D eigenvalue weighted by Gasteiger charge is -2.12. The van der Waals surface area contributed by atoms with Crippen LogP contribution in [0.2, 0.25) is 0 Å². The van der Waals surface area contributed by atoms with Crippen molar-refractivity contribution < 1.29 is 32.5 Å². The molecule has 0 atom stereocenters. The SMILES string of the molecule is CCOCCOc1ccc(C(F)(F)F)c(C(=O)O)c1. The molecule has 0 spiro atoms. The summed E-state index contributed by atoms with van der Waals surface area (Å²) in [7, 11) is 0. The van der Waals surface area contributed by atoms with E-state index in [1.54, 1.807) is 6.92 Å². The van der Waals surface area contributed by atoms with Crippen molar-refractivity contribution in [3.05, 3.63) is 29.3 Å². The van der Waals surface area contributed by atoms with Crippen LogP contribution < -0.4 is 4.74 Å². The summed E-state index contributed by atoms with van der Waals surface area (Å²) < 4.78 is 47.8. The fourth-order valence-electron chi connectivity index (χ4n) is 1.40. The molecule has 0 fully saturated rings. The van der Waals surface area contributed by atoms with Gasteiger partial charge in [-0.3, -0.25) is 0 Å². The van der Waals surface area contributed by atoms with E-state index >= 15 is 0 Å². The van der Waals surface area contributed by atoms with Gasteiger partial charge >= 0.3 is 12.1 Å². The molecule has 1 aromatic rings. The second-order valence-corrected chi connectivity index (χ2v) is 3.56. The van der Waals surface area contributed by atoms with Gasteiger partial charge in [-0.2, -0.15) is 13.2 Å². The zero-order valence-corrected chi connectivity index (χ0v) is 10.2. The van der Waals surface area contributed by atoms with Crippen LogP contribution in [0.5, 0.6) is 5.75 Å². The molecular weight excluding hydrogens is 265 g/mol. The molecule has 0 aliphatic carbocycles. The number of rotatable bonds is 6. The summed E-state index contributed by atoms with van der Waals surface area (Å²) in [6.45, 7) is 2.70. The molecule has 1 N–H and O–H groups in total. The van der Waals surface area contributed by atoms with E-state index in [9.17, 15) is 18.0 Å². The minimum atomic E-state index is -4.71. The summed E-state index contributed by atoms with van der Waals surface area (Å²) in [4.78, 5) is 10.8. The molecule has 4 nitrogen and oxygen atoms in total. The molecule has 7 heteroatoms. The number of carbonyl (C=O) groups is 1. The molecule has 0 heterocycles. The Hall–Kier alpha value is -1.76. The number of hydrogen-bond donors (Lipinski definition) is 1. The van der Waals surface area contributed by atoms with E-state index in [1.165, 1.54) is 0 Å². The average molecular weight is 278 g/mol. The Balaban J connectivity index is 2.88. The number of halogens is 3. The van der Waals surface area contributed by atoms with Gasteiger partial charge in [0, 0.05) is 6.61 Å². The van der Waals surface area contributed by atoms with E-state index in [0.717, 1.165) is 12.1 Å². The predicted molar refractivity (Wildman–Crippen MR) is 60.4 cm³/mol. The van der Waals surface area contributed by atoms with Gasteiger partial charge in [-0.1, -0.05) is 0 Å². The summed E-state index contributed by atoms with van der Waals surface area (Å²) in [5.74, 6) is -1.59. The Morgan fingerprint density at radius 3 is 2.53 bits per heavy atom. The maximum atomic E-state index is 12.6. The van der Waals surface area contributed by atoms with Crippen molar-refractivity contribution in [2.45, 2.75) is 13.1 Å². The van der Waals surface area contributed by atoms with Gasteiger partial charge in [-0.15, -0.1) is 0 Å². The fourth-order valence-corrected chi connectivity index (χ4v) is 1.40. The summed E-state index contributed by atoms with van der Waals surface area (Å²) in [5.41, 5.74) is -2.03. The largest absolute Gasteiger partial charge is 0.491 e. The third-order valence-electron chi connectivity index (χ3n) is 2.23. The minimum absolute atomic E-state index is 0.0603. The number of hydrogen-bond acceptors (Lipinski definition) is 3. The standard InChI is InChI=1S/C12H13F3O4/c1-2-18-5-6-19-8-3-4-10(12(13,14)15)9(7-8)11(16)17/h3-4,7H,2,5-6H2,1H3,(H,16,17). The molecule has 0 aliphatic rings. The summed E-state index contributed by atoms with van der Waals surface area (Å²) in [6, 6.07) is 2.64. The lowest BCUT2D eigenvalue weighted by molar-refractivity contribution is -0.138. The van der Waals surface area contributed by atoms with Gasteiger partial charge in [0.2, 0.25) is 0 Å². The lowest BCUT2D eigenvalue weighted by atomic mass is 10.1. The molecule has 0 aromatic heterocycles. The normalized spacial score (nSPS) is 11.4. The van der Waals surface area contributed by atoms with Crippen molar-refractivity contribution >= 4 is 5.97 Å². The van der Waals surface area contributed by atoms with E-state index in [4.69, 9.17) is 14.6 Å². The smallest absolute Gasteiger partial charge is 0.417 e. The zero-order valence-electron chi connectivity index (χ0n) is 10.2. The van der Waals surface area contributed by atoms with Gasteiger partial charge in [0.05, 0.1) is 17.7 Å². The predicted octanol–water partition coefficient (Wildman–Crippen LogP) is 2.82. The van der Waals surface area contributed by atoms with E-state index in [1.807, 2.05) is 0 Å². The quantitative estimate of drug-likeness (QED) is 0.813. The highest BCUT2D eigenvalue weighted by molar-refractivity contribution is 5.90. The zero-order chi connectivity index (χ0) is 14.5. The van der Waals surface area contributed by atoms with Gasteiger partial charge in [0.1, 0.15) is 12.4 Å². The number of alkyl halides is 3. The Labute approximate surface area is 107 Å². The second kappa shape index (κ2) is 6.42. The molecule has 1 rings (SSSR count). The molecule has 19 heavy (non-hydrogen) atoms. The van der Waals surface area contributed by atoms with Crippen LogP contribution in [0.3, 0.4) is 0 Å². The number of benzene rings is 1. The summed E-state index contributed by atoms with van der Waals surface area (Å²) in [6.07, 6.45) is -4.71. The highest BCUT2D eigenvalue weighted by Gasteiger charge is 2.35. The Morgan fingerprint density at radius 2 is 2.00 bits per heavy atom. The van der Waals surface area contributed by atoms with Crippen LogP contribution in [0, 0.1) is 0 Å². The third-order valence-corrected chi connectivity index (χ3v) is 2.23. The maximum Gasteiger partial charge on any atom is 0.417 e. The molecule has 0 unspecified atom stereocenters. The van der Waals surface area contributed by atoms with Crippen molar-refractivity contribution in [1.29, 1.82) is 0 Å². The monoisotopic (exact) mass is 278 g/mol. The van der Waals surface area contributed by atoms with Crippen molar-refractivity contribution in [2.24, 2.45) is 0 Å². The average Bonchev–Trinajstić information content (AvgIpc) is 2.33. The first-order valence-corrected chi connectivity index (χ1v) is 5.51. The molecule has 0 aliphatic heterocycles. The molecule has 0 radical (unpaired) electrons. The lowest BCUT2D eigenvalue weighted by Crippen LogP contribution is -2.13. The van der Waals surface area contributed by atoms with Gasteiger partial charge < -0.3 is 14.6 Å². The third kappa shape index (κ3) is 4.44. The van der Waals surface area contributed by atoms with Crippen LogP contribution in [-0.4, -0.2) is 30.9 Å². The Morgan fingerprint density at radius 1 is 1.32 bits per heavy atom. The Kier molecular flexibility index (Phi) is 5.17. The van der Waals surface area contributed by atoms with Crippen molar-refractivity contribution in [3.63, 3.8) is 0 Å². The molecule has 0 saturated heterocycles. The number of carboxylic acids is 1. The fraction of sp³-hybridized carbons (Fsp3) is 0.417. The van der Waals surface area contributed by atoms with E-state index in [2.05, 4.69) is 0 Å². The van der Waals surface area contributed by atoms with E-state index < -0.39 is 23.3 Å². The summed E-state index contributed by atoms with van der Waals surface area (Å²) in [5, 5.41) is 8.78. The van der Waals surface area contributed by atoms with Gasteiger partial charge in [-0.05, 0) is 25.1 Å². The highest BCUT2D eigenvalue weighted by Crippen LogP contribution is 2.33. The molecule has 0 saturated carbocycles. The molecule has 0 amide bonds. The van der Waals surface area contributed by atoms with E-state index in [-0.39, 0.29) is 19.0 Å². The van der Waals surface area contributed by atoms with Crippen LogP contribution in [-0.2, 0) is 10.9 Å². The highest BCUT2D eigenvalue weighted by atomic mass is 19.4. The van der Waals surface area contributed by atoms with Crippen molar-refractivity contribution in [2.75, 3.05) is 19.8 Å². The van der Waals surface area contributed by atoms with Gasteiger partial charge in [-0.25, -0.2) is 4.79 Å². The van der Waals surface area contributed by atoms with Crippen LogP contribution in [0.1, 0.15) is 22.8 Å². The number of aromatic carboxylic acids is 1. The van der Waals surface area contributed by atoms with Crippen LogP contribution in [0.4, 0.5) is 13.2 Å². The van der Waals surface area contributed by atoms with Crippen molar-refractivity contribution in [3.8, 4) is 5.75 Å². The van der Waals surface area contributed by atoms with Gasteiger partial charge in [0.25, 0.3) is 0 Å². The van der Waals surface area contributed by atoms with Crippen molar-refractivity contribution in [1.82, 2.24) is 0 Å². The Bertz CT molecular complexity index is 443. The molecule has 1 aromatic carbocycles. The van der Waals surface area contributed by atoms with E-state index in [0.29, 0.717) is 12.7 Å². The number of carboxylic acid groups (broad SMARTS) is 1. The topological polar surface area (TPSA) is 55.8 Å². The second-order valence-electron chi connectivity index (χ2n) is 3.56. The first-order chi connectivity index (χ1) is 8.86. The van der Waals surface area contributed by atoms with Crippen LogP contribution >= 0.6 is 0 Å². The van der Waals surface area contributed by atoms with Crippen LogP contribution in [0.25, 0.3) is 0 Å². The first-order valence-electron chi connectivity index (χ1n) is 5.51. The molecular formula is C12H13F3O4. The van der Waals surface area contributed by atoms with Gasteiger partial charge in [0.15, 0.2) is 0 Å². The molecule has 106 valence electrons. The maximum absolute atomic E-state index is 12.6. The molecule has 0 bridgehead atoms. The van der Waals surface area contributed by atoms with Crippen LogP contribution in [0.15, 0.2) is 18.2 Å². The first kappa shape index (κ1) is 15.3. The minimum Gasteiger partial charge on any atom is -0.491 e. The number of ether oxygens (including phenoxy) is 2.